The third-order valence-electron chi connectivity index (χ3n) is 6.90. The van der Waals surface area contributed by atoms with E-state index in [9.17, 15) is 16.8 Å². The van der Waals surface area contributed by atoms with Crippen LogP contribution in [0.2, 0.25) is 0 Å². The molecular weight excluding hydrogens is 458 g/mol. The molecule has 2 unspecified atom stereocenters. The lowest BCUT2D eigenvalue weighted by molar-refractivity contribution is 0.427. The van der Waals surface area contributed by atoms with Gasteiger partial charge in [0.1, 0.15) is 0 Å². The maximum Gasteiger partial charge on any atom is 0.214 e. The third-order valence-corrected chi connectivity index (χ3v) is 10.6. The first kappa shape index (κ1) is 28.0. The van der Waals surface area contributed by atoms with E-state index in [4.69, 9.17) is 5.26 Å². The van der Waals surface area contributed by atoms with E-state index in [1.165, 1.54) is 9.88 Å². The highest BCUT2D eigenvalue weighted by Gasteiger charge is 2.29. The average molecular weight is 500 g/mol. The van der Waals surface area contributed by atoms with Crippen LogP contribution < -0.4 is 0 Å². The van der Waals surface area contributed by atoms with Crippen molar-refractivity contribution in [1.82, 2.24) is 8.61 Å². The van der Waals surface area contributed by atoms with Crippen molar-refractivity contribution in [3.63, 3.8) is 0 Å². The summed E-state index contributed by atoms with van der Waals surface area (Å²) in [6.45, 7) is 10.3. The Morgan fingerprint density at radius 2 is 1.42 bits per heavy atom. The molecule has 0 spiro atoms. The molecule has 0 bridgehead atoms. The molecule has 0 aromatic heterocycles. The van der Waals surface area contributed by atoms with Gasteiger partial charge in [0.15, 0.2) is 0 Å². The number of nitrogens with zero attached hydrogens (tertiary/aromatic N) is 3. The van der Waals surface area contributed by atoms with Crippen molar-refractivity contribution in [2.45, 2.75) is 66.2 Å². The first-order valence-corrected chi connectivity index (χ1v) is 15.4. The van der Waals surface area contributed by atoms with Gasteiger partial charge in [-0.05, 0) is 43.4 Å². The Kier molecular flexibility index (Phi) is 10.6. The van der Waals surface area contributed by atoms with E-state index in [0.29, 0.717) is 63.7 Å². The van der Waals surface area contributed by atoms with Gasteiger partial charge in [-0.25, -0.2) is 16.8 Å². The molecule has 2 aliphatic rings. The number of rotatable bonds is 14. The molecule has 2 aliphatic heterocycles. The topological polar surface area (TPSA) is 98.5 Å². The molecule has 7 nitrogen and oxygen atoms in total. The maximum atomic E-state index is 12.7. The fourth-order valence-electron chi connectivity index (χ4n) is 4.26. The molecule has 0 aliphatic carbocycles. The van der Waals surface area contributed by atoms with E-state index >= 15 is 0 Å². The molecule has 0 radical (unpaired) electrons. The van der Waals surface area contributed by atoms with E-state index in [1.54, 1.807) is 4.31 Å². The monoisotopic (exact) mass is 499 g/mol. The van der Waals surface area contributed by atoms with Crippen LogP contribution in [-0.2, 0) is 20.0 Å². The molecule has 9 heteroatoms. The van der Waals surface area contributed by atoms with Gasteiger partial charge >= 0.3 is 0 Å². The van der Waals surface area contributed by atoms with E-state index in [2.05, 4.69) is 27.7 Å². The van der Waals surface area contributed by atoms with Gasteiger partial charge in [-0.2, -0.15) is 13.9 Å². The van der Waals surface area contributed by atoms with Gasteiger partial charge in [-0.3, -0.25) is 0 Å². The van der Waals surface area contributed by atoms with Crippen LogP contribution in [0.1, 0.15) is 66.2 Å². The fraction of sp³-hybridized carbons (Fsp3) is 0.792. The van der Waals surface area contributed by atoms with E-state index in [0.717, 1.165) is 18.4 Å². The summed E-state index contributed by atoms with van der Waals surface area (Å²) in [5, 5.41) is 8.59. The third kappa shape index (κ3) is 8.50. The first-order valence-electron chi connectivity index (χ1n) is 12.2. The number of nitriles is 1. The molecule has 0 saturated carbocycles. The van der Waals surface area contributed by atoms with E-state index < -0.39 is 20.0 Å². The second-order valence-electron chi connectivity index (χ2n) is 9.92. The van der Waals surface area contributed by atoms with Crippen LogP contribution in [0.25, 0.3) is 0 Å². The van der Waals surface area contributed by atoms with Crippen molar-refractivity contribution >= 4 is 20.0 Å². The van der Waals surface area contributed by atoms with Crippen LogP contribution in [-0.4, -0.2) is 63.1 Å². The highest BCUT2D eigenvalue weighted by Crippen LogP contribution is 2.27. The van der Waals surface area contributed by atoms with Crippen molar-refractivity contribution < 1.29 is 16.8 Å². The molecule has 0 aromatic carbocycles. The van der Waals surface area contributed by atoms with Gasteiger partial charge in [0, 0.05) is 32.6 Å². The lowest BCUT2D eigenvalue weighted by Crippen LogP contribution is -2.32. The van der Waals surface area contributed by atoms with Gasteiger partial charge < -0.3 is 0 Å². The summed E-state index contributed by atoms with van der Waals surface area (Å²) in [4.78, 5) is 0. The molecule has 2 rings (SSSR count). The van der Waals surface area contributed by atoms with Crippen LogP contribution in [0.4, 0.5) is 0 Å². The average Bonchev–Trinajstić information content (AvgIpc) is 3.44. The Morgan fingerprint density at radius 3 is 2.00 bits per heavy atom. The summed E-state index contributed by atoms with van der Waals surface area (Å²) in [5.41, 5.74) is 2.35. The Bertz CT molecular complexity index is 962. The zero-order valence-electron chi connectivity index (χ0n) is 20.7. The molecule has 188 valence electrons. The Hall–Kier alpha value is -1.21. The fourth-order valence-corrected chi connectivity index (χ4v) is 7.34. The van der Waals surface area contributed by atoms with E-state index in [-0.39, 0.29) is 17.4 Å². The molecule has 0 amide bonds. The quantitative estimate of drug-likeness (QED) is 0.266. The minimum Gasteiger partial charge on any atom is -0.212 e. The van der Waals surface area contributed by atoms with Crippen molar-refractivity contribution in [2.24, 2.45) is 17.8 Å². The Balaban J connectivity index is 1.72. The lowest BCUT2D eigenvalue weighted by atomic mass is 9.91. The molecular formula is C24H41N3O4S2. The molecule has 0 fully saturated rings. The summed E-state index contributed by atoms with van der Waals surface area (Å²) in [6.07, 6.45) is 8.08. The number of hydrogen-bond donors (Lipinski definition) is 0. The predicted molar refractivity (Wildman–Crippen MR) is 133 cm³/mol. The summed E-state index contributed by atoms with van der Waals surface area (Å²) >= 11 is 0. The van der Waals surface area contributed by atoms with Crippen molar-refractivity contribution in [1.29, 1.82) is 5.26 Å². The van der Waals surface area contributed by atoms with E-state index in [1.807, 2.05) is 18.2 Å². The molecule has 0 saturated heterocycles. The summed E-state index contributed by atoms with van der Waals surface area (Å²) in [7, 11) is -6.52. The number of unbranched alkanes of at least 4 members (excludes halogenated alkanes) is 2. The normalized spacial score (nSPS) is 20.0. The largest absolute Gasteiger partial charge is 0.214 e. The van der Waals surface area contributed by atoms with Crippen LogP contribution in [0.5, 0.6) is 0 Å². The van der Waals surface area contributed by atoms with Gasteiger partial charge in [-0.15, -0.1) is 0 Å². The molecule has 2 atom stereocenters. The second-order valence-corrected chi connectivity index (χ2v) is 14.1. The van der Waals surface area contributed by atoms with Crippen molar-refractivity contribution in [3.8, 4) is 6.07 Å². The lowest BCUT2D eigenvalue weighted by Gasteiger charge is -2.21. The zero-order valence-corrected chi connectivity index (χ0v) is 22.3. The predicted octanol–water partition coefficient (Wildman–Crippen LogP) is 3.92. The highest BCUT2D eigenvalue weighted by molar-refractivity contribution is 7.89. The van der Waals surface area contributed by atoms with Crippen molar-refractivity contribution in [2.75, 3.05) is 37.7 Å². The summed E-state index contributed by atoms with van der Waals surface area (Å²) < 4.78 is 53.6. The standard InChI is InChI=1S/C24H41N3O4S2/c1-20(2)23-10-14-26(18-23)33(30,31)17-12-21(3)8-9-22(4)24-11-15-27(19-24)32(28,29)16-7-5-6-13-25/h10-11,20-22H,5-9,12,14-19H2,1-4H3. The van der Waals surface area contributed by atoms with Gasteiger partial charge in [0.25, 0.3) is 0 Å². The van der Waals surface area contributed by atoms with Gasteiger partial charge in [-0.1, -0.05) is 57.4 Å². The van der Waals surface area contributed by atoms with Crippen molar-refractivity contribution in [3.05, 3.63) is 23.3 Å². The summed E-state index contributed by atoms with van der Waals surface area (Å²) in [5.74, 6) is 1.23. The Labute approximate surface area is 201 Å². The summed E-state index contributed by atoms with van der Waals surface area (Å²) in [6, 6.07) is 2.05. The van der Waals surface area contributed by atoms with Crippen LogP contribution >= 0.6 is 0 Å². The zero-order chi connectivity index (χ0) is 24.6. The highest BCUT2D eigenvalue weighted by atomic mass is 32.2. The van der Waals surface area contributed by atoms with Crippen LogP contribution in [0, 0.1) is 29.1 Å². The maximum absolute atomic E-state index is 12.7. The Morgan fingerprint density at radius 1 is 0.848 bits per heavy atom. The molecule has 2 heterocycles. The minimum atomic E-state index is -3.28. The molecule has 0 aromatic rings. The molecule has 0 N–H and O–H groups in total. The van der Waals surface area contributed by atoms with Gasteiger partial charge in [0.05, 0.1) is 17.6 Å². The molecule has 33 heavy (non-hydrogen) atoms. The second kappa shape index (κ2) is 12.5. The van der Waals surface area contributed by atoms with Crippen LogP contribution in [0.3, 0.4) is 0 Å². The van der Waals surface area contributed by atoms with Crippen LogP contribution in [0.15, 0.2) is 23.3 Å². The SMILES string of the molecule is CC(CCC(C)C1=CCN(S(=O)(=O)CCCCC#N)C1)CCS(=O)(=O)N1CC=C(C(C)C)C1. The number of sulfonamides is 2. The smallest absolute Gasteiger partial charge is 0.212 e. The van der Waals surface area contributed by atoms with Gasteiger partial charge in [0.2, 0.25) is 20.0 Å². The number of hydrogen-bond acceptors (Lipinski definition) is 5. The first-order chi connectivity index (χ1) is 15.5. The minimum absolute atomic E-state index is 0.0981.